The van der Waals surface area contributed by atoms with E-state index in [4.69, 9.17) is 9.47 Å². The molecule has 42 heavy (non-hydrogen) atoms. The van der Waals surface area contributed by atoms with Crippen LogP contribution < -0.4 is 4.74 Å². The normalized spacial score (nSPS) is 12.0. The number of rotatable bonds is 26. The Balaban J connectivity index is 1.56. The molecule has 0 aliphatic carbocycles. The molecule has 2 rings (SSSR count). The van der Waals surface area contributed by atoms with E-state index in [2.05, 4.69) is 32.9 Å². The summed E-state index contributed by atoms with van der Waals surface area (Å²) < 4.78 is 11.7. The molecule has 0 heterocycles. The number of aryl methyl sites for hydroxylation is 1. The Morgan fingerprint density at radius 1 is 0.571 bits per heavy atom. The number of esters is 1. The molecule has 0 spiro atoms. The second kappa shape index (κ2) is 24.3. The molecular formula is C39H62O3. The van der Waals surface area contributed by atoms with Gasteiger partial charge in [-0.2, -0.15) is 0 Å². The number of ether oxygens (including phenoxy) is 2. The molecule has 1 atom stereocenters. The summed E-state index contributed by atoms with van der Waals surface area (Å²) in [6.45, 7) is 7.43. The van der Waals surface area contributed by atoms with Crippen LogP contribution in [0.25, 0.3) is 0 Å². The number of carbonyl (C=O) groups excluding carboxylic acids is 1. The minimum atomic E-state index is -0.307. The summed E-state index contributed by atoms with van der Waals surface area (Å²) in [6, 6.07) is 15.7. The van der Waals surface area contributed by atoms with Crippen molar-refractivity contribution < 1.29 is 14.3 Å². The van der Waals surface area contributed by atoms with Crippen LogP contribution in [0.4, 0.5) is 0 Å². The summed E-state index contributed by atoms with van der Waals surface area (Å²) in [4.78, 5) is 12.7. The molecule has 0 aromatic heterocycles. The molecule has 3 heteroatoms. The van der Waals surface area contributed by atoms with Gasteiger partial charge in [0.25, 0.3) is 0 Å². The van der Waals surface area contributed by atoms with E-state index in [1.54, 1.807) is 0 Å². The van der Waals surface area contributed by atoms with Gasteiger partial charge in [0.2, 0.25) is 0 Å². The van der Waals surface area contributed by atoms with Crippen molar-refractivity contribution in [3.8, 4) is 5.75 Å². The lowest BCUT2D eigenvalue weighted by Gasteiger charge is -2.14. The van der Waals surface area contributed by atoms with Gasteiger partial charge in [-0.25, -0.2) is 4.79 Å². The van der Waals surface area contributed by atoms with Crippen molar-refractivity contribution in [2.45, 2.75) is 162 Å². The van der Waals surface area contributed by atoms with Crippen LogP contribution in [-0.4, -0.2) is 12.6 Å². The van der Waals surface area contributed by atoms with Gasteiger partial charge in [0.1, 0.15) is 5.75 Å². The number of hydrogen-bond donors (Lipinski definition) is 0. The third-order valence-electron chi connectivity index (χ3n) is 8.43. The second-order valence-corrected chi connectivity index (χ2v) is 12.3. The SMILES string of the molecule is CCCCCCCCCCCCOC(C)c1ccc(OC(=O)c2ccc(CCCCCCCCCCCC)cc2)cc1. The molecular weight excluding hydrogens is 516 g/mol. The third-order valence-corrected chi connectivity index (χ3v) is 8.43. The van der Waals surface area contributed by atoms with Gasteiger partial charge in [0.05, 0.1) is 11.7 Å². The summed E-state index contributed by atoms with van der Waals surface area (Å²) in [6.07, 6.45) is 27.9. The Morgan fingerprint density at radius 2 is 1.02 bits per heavy atom. The highest BCUT2D eigenvalue weighted by molar-refractivity contribution is 5.91. The van der Waals surface area contributed by atoms with E-state index in [0.29, 0.717) is 11.3 Å². The number of unbranched alkanes of at least 4 members (excludes halogenated alkanes) is 18. The van der Waals surface area contributed by atoms with Crippen LogP contribution in [0, 0.1) is 0 Å². The van der Waals surface area contributed by atoms with Crippen LogP contribution in [0.5, 0.6) is 5.75 Å². The lowest BCUT2D eigenvalue weighted by Crippen LogP contribution is -2.08. The van der Waals surface area contributed by atoms with Crippen LogP contribution >= 0.6 is 0 Å². The zero-order chi connectivity index (χ0) is 30.1. The molecule has 0 amide bonds. The Bertz CT molecular complexity index is 902. The maximum atomic E-state index is 12.7. The second-order valence-electron chi connectivity index (χ2n) is 12.3. The van der Waals surface area contributed by atoms with E-state index in [-0.39, 0.29) is 12.1 Å². The lowest BCUT2D eigenvalue weighted by atomic mass is 10.0. The van der Waals surface area contributed by atoms with E-state index in [1.165, 1.54) is 128 Å². The van der Waals surface area contributed by atoms with Crippen LogP contribution in [-0.2, 0) is 11.2 Å². The van der Waals surface area contributed by atoms with Crippen molar-refractivity contribution in [1.82, 2.24) is 0 Å². The maximum absolute atomic E-state index is 12.7. The number of hydrogen-bond acceptors (Lipinski definition) is 3. The highest BCUT2D eigenvalue weighted by atomic mass is 16.5. The van der Waals surface area contributed by atoms with Gasteiger partial charge in [-0.1, -0.05) is 154 Å². The first-order chi connectivity index (χ1) is 20.6. The molecule has 2 aromatic carbocycles. The largest absolute Gasteiger partial charge is 0.423 e. The van der Waals surface area contributed by atoms with Crippen LogP contribution in [0.15, 0.2) is 48.5 Å². The Kier molecular flexibility index (Phi) is 20.9. The number of benzene rings is 2. The van der Waals surface area contributed by atoms with Crippen molar-refractivity contribution in [2.24, 2.45) is 0 Å². The third kappa shape index (κ3) is 17.1. The fourth-order valence-corrected chi connectivity index (χ4v) is 5.54. The predicted molar refractivity (Wildman–Crippen MR) is 180 cm³/mol. The fraction of sp³-hybridized carbons (Fsp3) is 0.667. The summed E-state index contributed by atoms with van der Waals surface area (Å²) in [7, 11) is 0. The standard InChI is InChI=1S/C39H62O3/c1-4-6-8-10-12-14-16-18-20-22-24-35-25-27-37(28-26-35)39(40)42-38-31-29-36(30-32-38)34(3)41-33-23-21-19-17-15-13-11-9-7-5-2/h25-32,34H,4-24,33H2,1-3H3. The van der Waals surface area contributed by atoms with Crippen molar-refractivity contribution in [1.29, 1.82) is 0 Å². The molecule has 0 saturated carbocycles. The Hall–Kier alpha value is -2.13. The van der Waals surface area contributed by atoms with Crippen molar-refractivity contribution in [3.63, 3.8) is 0 Å². The Morgan fingerprint density at radius 3 is 1.52 bits per heavy atom. The molecule has 0 saturated heterocycles. The van der Waals surface area contributed by atoms with E-state index in [0.717, 1.165) is 25.0 Å². The predicted octanol–water partition coefficient (Wildman–Crippen LogP) is 12.4. The molecule has 3 nitrogen and oxygen atoms in total. The highest BCUT2D eigenvalue weighted by Gasteiger charge is 2.11. The molecule has 0 radical (unpaired) electrons. The number of carbonyl (C=O) groups is 1. The lowest BCUT2D eigenvalue weighted by molar-refractivity contribution is 0.0627. The van der Waals surface area contributed by atoms with Crippen LogP contribution in [0.2, 0.25) is 0 Å². The summed E-state index contributed by atoms with van der Waals surface area (Å²) in [5.74, 6) is 0.263. The zero-order valence-electron chi connectivity index (χ0n) is 27.5. The molecule has 0 bridgehead atoms. The van der Waals surface area contributed by atoms with Gasteiger partial charge in [-0.05, 0) is 61.6 Å². The van der Waals surface area contributed by atoms with E-state index >= 15 is 0 Å². The first-order valence-corrected chi connectivity index (χ1v) is 17.7. The summed E-state index contributed by atoms with van der Waals surface area (Å²) >= 11 is 0. The topological polar surface area (TPSA) is 35.5 Å². The average molecular weight is 579 g/mol. The minimum absolute atomic E-state index is 0.0383. The van der Waals surface area contributed by atoms with Crippen LogP contribution in [0.1, 0.15) is 177 Å². The maximum Gasteiger partial charge on any atom is 0.343 e. The van der Waals surface area contributed by atoms with Gasteiger partial charge in [0.15, 0.2) is 0 Å². The summed E-state index contributed by atoms with van der Waals surface area (Å²) in [5.41, 5.74) is 3.00. The quantitative estimate of drug-likeness (QED) is 0.0632. The van der Waals surface area contributed by atoms with Gasteiger partial charge < -0.3 is 9.47 Å². The minimum Gasteiger partial charge on any atom is -0.423 e. The Labute approximate surface area is 259 Å². The molecule has 2 aromatic rings. The van der Waals surface area contributed by atoms with Crippen molar-refractivity contribution >= 4 is 5.97 Å². The zero-order valence-corrected chi connectivity index (χ0v) is 27.5. The molecule has 1 unspecified atom stereocenters. The van der Waals surface area contributed by atoms with Crippen LogP contribution in [0.3, 0.4) is 0 Å². The highest BCUT2D eigenvalue weighted by Crippen LogP contribution is 2.22. The van der Waals surface area contributed by atoms with Gasteiger partial charge in [-0.3, -0.25) is 0 Å². The first kappa shape index (κ1) is 36.1. The molecule has 0 aliphatic rings. The van der Waals surface area contributed by atoms with Crippen molar-refractivity contribution in [2.75, 3.05) is 6.61 Å². The fourth-order valence-electron chi connectivity index (χ4n) is 5.54. The molecule has 0 fully saturated rings. The summed E-state index contributed by atoms with van der Waals surface area (Å²) in [5, 5.41) is 0. The monoisotopic (exact) mass is 578 g/mol. The van der Waals surface area contributed by atoms with Gasteiger partial charge in [-0.15, -0.1) is 0 Å². The first-order valence-electron chi connectivity index (χ1n) is 17.7. The van der Waals surface area contributed by atoms with E-state index in [9.17, 15) is 4.79 Å². The van der Waals surface area contributed by atoms with E-state index in [1.807, 2.05) is 36.4 Å². The van der Waals surface area contributed by atoms with Gasteiger partial charge >= 0.3 is 5.97 Å². The molecule has 236 valence electrons. The van der Waals surface area contributed by atoms with E-state index < -0.39 is 0 Å². The molecule has 0 aliphatic heterocycles. The average Bonchev–Trinajstić information content (AvgIpc) is 3.01. The smallest absolute Gasteiger partial charge is 0.343 e. The van der Waals surface area contributed by atoms with Gasteiger partial charge in [0, 0.05) is 6.61 Å². The van der Waals surface area contributed by atoms with Crippen molar-refractivity contribution in [3.05, 3.63) is 65.2 Å². The molecule has 0 N–H and O–H groups in total.